The Balaban J connectivity index is 4.25. The Kier molecular flexibility index (Phi) is 4.21. The van der Waals surface area contributed by atoms with Crippen LogP contribution in [0.2, 0.25) is 0 Å². The minimum absolute atomic E-state index is 0.196. The van der Waals surface area contributed by atoms with E-state index in [2.05, 4.69) is 46.4 Å². The largest absolute Gasteiger partial charge is 0.314 e. The van der Waals surface area contributed by atoms with Gasteiger partial charge >= 0.3 is 0 Å². The average Bonchev–Trinajstić information content (AvgIpc) is 1.79. The van der Waals surface area contributed by atoms with Crippen molar-refractivity contribution in [2.75, 3.05) is 6.54 Å². The molecule has 0 aliphatic carbocycles. The van der Waals surface area contributed by atoms with Gasteiger partial charge in [-0.25, -0.2) is 0 Å². The first-order valence-electron chi connectivity index (χ1n) is 4.80. The highest BCUT2D eigenvalue weighted by Crippen LogP contribution is 2.13. The third kappa shape index (κ3) is 4.07. The zero-order valence-corrected chi connectivity index (χ0v) is 9.39. The van der Waals surface area contributed by atoms with Crippen LogP contribution in [0.3, 0.4) is 0 Å². The van der Waals surface area contributed by atoms with Crippen LogP contribution in [-0.2, 0) is 0 Å². The standard InChI is InChI=1S/C10H24N2/c1-8(2)7-12(9(3)4)10(5,6)11/h8-9H,7,11H2,1-6H3. The van der Waals surface area contributed by atoms with Crippen LogP contribution in [0.5, 0.6) is 0 Å². The van der Waals surface area contributed by atoms with Gasteiger partial charge in [0.2, 0.25) is 0 Å². The summed E-state index contributed by atoms with van der Waals surface area (Å²) in [6, 6.07) is 0.521. The molecule has 0 aromatic carbocycles. The van der Waals surface area contributed by atoms with Crippen LogP contribution in [0.15, 0.2) is 0 Å². The topological polar surface area (TPSA) is 29.3 Å². The van der Waals surface area contributed by atoms with E-state index in [4.69, 9.17) is 5.73 Å². The van der Waals surface area contributed by atoms with Gasteiger partial charge in [0, 0.05) is 12.6 Å². The number of hydrogen-bond donors (Lipinski definition) is 1. The maximum atomic E-state index is 6.05. The first kappa shape index (κ1) is 11.9. The molecule has 0 aromatic heterocycles. The Morgan fingerprint density at radius 1 is 1.17 bits per heavy atom. The van der Waals surface area contributed by atoms with Gasteiger partial charge in [0.05, 0.1) is 5.66 Å². The third-order valence-corrected chi connectivity index (χ3v) is 1.93. The van der Waals surface area contributed by atoms with Crippen molar-refractivity contribution < 1.29 is 0 Å². The van der Waals surface area contributed by atoms with Gasteiger partial charge in [0.1, 0.15) is 0 Å². The molecule has 0 atom stereocenters. The molecular weight excluding hydrogens is 148 g/mol. The van der Waals surface area contributed by atoms with Crippen molar-refractivity contribution in [3.8, 4) is 0 Å². The van der Waals surface area contributed by atoms with Crippen molar-refractivity contribution in [2.45, 2.75) is 53.2 Å². The summed E-state index contributed by atoms with van der Waals surface area (Å²) >= 11 is 0. The lowest BCUT2D eigenvalue weighted by molar-refractivity contribution is 0.0754. The summed E-state index contributed by atoms with van der Waals surface area (Å²) in [5.74, 6) is 0.676. The smallest absolute Gasteiger partial charge is 0.0631 e. The molecule has 2 nitrogen and oxygen atoms in total. The van der Waals surface area contributed by atoms with Crippen LogP contribution in [0.4, 0.5) is 0 Å². The Labute approximate surface area is 77.1 Å². The molecule has 12 heavy (non-hydrogen) atoms. The summed E-state index contributed by atoms with van der Waals surface area (Å²) in [5, 5.41) is 0. The molecule has 0 unspecified atom stereocenters. The van der Waals surface area contributed by atoms with E-state index in [-0.39, 0.29) is 5.66 Å². The molecule has 0 rings (SSSR count). The Morgan fingerprint density at radius 3 is 1.67 bits per heavy atom. The minimum atomic E-state index is -0.196. The quantitative estimate of drug-likeness (QED) is 0.658. The van der Waals surface area contributed by atoms with Crippen LogP contribution < -0.4 is 5.73 Å². The summed E-state index contributed by atoms with van der Waals surface area (Å²) in [5.41, 5.74) is 5.86. The van der Waals surface area contributed by atoms with Crippen LogP contribution in [-0.4, -0.2) is 23.1 Å². The van der Waals surface area contributed by atoms with E-state index in [0.29, 0.717) is 12.0 Å². The second kappa shape index (κ2) is 4.24. The number of nitrogens with two attached hydrogens (primary N) is 1. The molecule has 2 N–H and O–H groups in total. The SMILES string of the molecule is CC(C)CN(C(C)C)C(C)(C)N. The van der Waals surface area contributed by atoms with Crippen molar-refractivity contribution in [1.29, 1.82) is 0 Å². The maximum Gasteiger partial charge on any atom is 0.0631 e. The highest BCUT2D eigenvalue weighted by Gasteiger charge is 2.24. The fourth-order valence-electron chi connectivity index (χ4n) is 1.50. The summed E-state index contributed by atoms with van der Waals surface area (Å²) in [4.78, 5) is 2.33. The van der Waals surface area contributed by atoms with Crippen molar-refractivity contribution in [3.05, 3.63) is 0 Å². The fraction of sp³-hybridized carbons (Fsp3) is 1.00. The zero-order valence-electron chi connectivity index (χ0n) is 9.39. The number of nitrogens with zero attached hydrogens (tertiary/aromatic N) is 1. The lowest BCUT2D eigenvalue weighted by atomic mass is 10.1. The van der Waals surface area contributed by atoms with E-state index in [0.717, 1.165) is 6.54 Å². The molecule has 0 spiro atoms. The molecule has 0 saturated heterocycles. The molecule has 0 heterocycles. The van der Waals surface area contributed by atoms with Crippen LogP contribution >= 0.6 is 0 Å². The Hall–Kier alpha value is -0.0800. The minimum Gasteiger partial charge on any atom is -0.314 e. The van der Waals surface area contributed by atoms with Crippen LogP contribution in [0, 0.1) is 5.92 Å². The van der Waals surface area contributed by atoms with E-state index in [1.807, 2.05) is 0 Å². The van der Waals surface area contributed by atoms with Crippen LogP contribution in [0.1, 0.15) is 41.5 Å². The first-order chi connectivity index (χ1) is 5.25. The molecule has 0 saturated carbocycles. The maximum absolute atomic E-state index is 6.05. The first-order valence-corrected chi connectivity index (χ1v) is 4.80. The molecule has 0 bridgehead atoms. The third-order valence-electron chi connectivity index (χ3n) is 1.93. The number of rotatable bonds is 4. The summed E-state index contributed by atoms with van der Waals surface area (Å²) in [6.45, 7) is 14.0. The lowest BCUT2D eigenvalue weighted by Gasteiger charge is -2.39. The normalized spacial score (nSPS) is 13.5. The van der Waals surface area contributed by atoms with E-state index in [9.17, 15) is 0 Å². The molecule has 0 aliphatic rings. The van der Waals surface area contributed by atoms with Gasteiger partial charge in [0.25, 0.3) is 0 Å². The van der Waals surface area contributed by atoms with E-state index >= 15 is 0 Å². The molecular formula is C10H24N2. The van der Waals surface area contributed by atoms with Crippen molar-refractivity contribution in [2.24, 2.45) is 11.7 Å². The van der Waals surface area contributed by atoms with Gasteiger partial charge in [-0.2, -0.15) is 0 Å². The second-order valence-corrected chi connectivity index (χ2v) is 4.79. The molecule has 0 amide bonds. The highest BCUT2D eigenvalue weighted by atomic mass is 15.3. The van der Waals surface area contributed by atoms with Crippen molar-refractivity contribution in [3.63, 3.8) is 0 Å². The second-order valence-electron chi connectivity index (χ2n) is 4.79. The van der Waals surface area contributed by atoms with Crippen LogP contribution in [0.25, 0.3) is 0 Å². The Bertz CT molecular complexity index is 122. The van der Waals surface area contributed by atoms with Gasteiger partial charge in [0.15, 0.2) is 0 Å². The van der Waals surface area contributed by atoms with E-state index in [1.54, 1.807) is 0 Å². The summed E-state index contributed by atoms with van der Waals surface area (Å²) < 4.78 is 0. The molecule has 0 aliphatic heterocycles. The highest BCUT2D eigenvalue weighted by molar-refractivity contribution is 4.78. The molecule has 0 fully saturated rings. The van der Waals surface area contributed by atoms with Gasteiger partial charge in [-0.1, -0.05) is 13.8 Å². The molecule has 0 aromatic rings. The van der Waals surface area contributed by atoms with Gasteiger partial charge < -0.3 is 5.73 Å². The number of hydrogen-bond acceptors (Lipinski definition) is 2. The zero-order chi connectivity index (χ0) is 9.94. The Morgan fingerprint density at radius 2 is 1.58 bits per heavy atom. The van der Waals surface area contributed by atoms with Gasteiger partial charge in [-0.05, 0) is 33.6 Å². The molecule has 74 valence electrons. The van der Waals surface area contributed by atoms with Gasteiger partial charge in [-0.15, -0.1) is 0 Å². The van der Waals surface area contributed by atoms with Gasteiger partial charge in [-0.3, -0.25) is 4.90 Å². The predicted octanol–water partition coefficient (Wildman–Crippen LogP) is 2.05. The predicted molar refractivity (Wildman–Crippen MR) is 54.9 cm³/mol. The molecule has 2 heteroatoms. The van der Waals surface area contributed by atoms with Crippen molar-refractivity contribution >= 4 is 0 Å². The average molecular weight is 172 g/mol. The monoisotopic (exact) mass is 172 g/mol. The fourth-order valence-corrected chi connectivity index (χ4v) is 1.50. The lowest BCUT2D eigenvalue weighted by Crippen LogP contribution is -2.55. The summed E-state index contributed by atoms with van der Waals surface area (Å²) in [6.07, 6.45) is 0. The summed E-state index contributed by atoms with van der Waals surface area (Å²) in [7, 11) is 0. The van der Waals surface area contributed by atoms with Crippen molar-refractivity contribution in [1.82, 2.24) is 4.90 Å². The van der Waals surface area contributed by atoms with E-state index < -0.39 is 0 Å². The van der Waals surface area contributed by atoms with E-state index in [1.165, 1.54) is 0 Å². The molecule has 0 radical (unpaired) electrons.